The van der Waals surface area contributed by atoms with Crippen molar-refractivity contribution < 1.29 is 4.74 Å². The Bertz CT molecular complexity index is 95.1. The molecule has 1 rings (SSSR count). The molecule has 2 nitrogen and oxygen atoms in total. The molecule has 1 saturated heterocycles. The van der Waals surface area contributed by atoms with Gasteiger partial charge in [0.1, 0.15) is 6.23 Å². The van der Waals surface area contributed by atoms with E-state index in [-0.39, 0.29) is 24.2 Å². The highest BCUT2D eigenvalue weighted by Crippen LogP contribution is 2.12. The number of halogens is 1. The molecule has 1 aliphatic rings. The molecule has 0 amide bonds. The fraction of sp³-hybridized carbons (Fsp3) is 1.00. The van der Waals surface area contributed by atoms with Gasteiger partial charge in [0.25, 0.3) is 0 Å². The van der Waals surface area contributed by atoms with Gasteiger partial charge >= 0.3 is 0 Å². The number of hydrogen-bond acceptors (Lipinski definition) is 2. The second kappa shape index (κ2) is 2.86. The van der Waals surface area contributed by atoms with E-state index in [1.807, 2.05) is 6.92 Å². The summed E-state index contributed by atoms with van der Waals surface area (Å²) in [6.45, 7) is 7.12. The molecule has 1 aliphatic heterocycles. The Balaban J connectivity index is 0.000000640. The van der Waals surface area contributed by atoms with E-state index < -0.39 is 0 Å². The van der Waals surface area contributed by atoms with Crippen LogP contribution < -0.4 is 5.32 Å². The highest BCUT2D eigenvalue weighted by Gasteiger charge is 2.27. The van der Waals surface area contributed by atoms with Crippen molar-refractivity contribution >= 4 is 12.4 Å². The smallest absolute Gasteiger partial charge is 0.105 e. The van der Waals surface area contributed by atoms with Crippen molar-refractivity contribution in [1.29, 1.82) is 0 Å². The first-order chi connectivity index (χ1) is 3.60. The van der Waals surface area contributed by atoms with Gasteiger partial charge in [0.05, 0.1) is 6.61 Å². The molecule has 56 valence electrons. The summed E-state index contributed by atoms with van der Waals surface area (Å²) in [6, 6.07) is 0. The van der Waals surface area contributed by atoms with E-state index in [4.69, 9.17) is 4.74 Å². The van der Waals surface area contributed by atoms with Crippen LogP contribution in [0.1, 0.15) is 20.8 Å². The monoisotopic (exact) mass is 151 g/mol. The van der Waals surface area contributed by atoms with Crippen molar-refractivity contribution in [2.45, 2.75) is 32.5 Å². The predicted molar refractivity (Wildman–Crippen MR) is 39.9 cm³/mol. The van der Waals surface area contributed by atoms with Gasteiger partial charge in [0.15, 0.2) is 0 Å². The molecule has 0 saturated carbocycles. The highest BCUT2D eigenvalue weighted by molar-refractivity contribution is 5.85. The van der Waals surface area contributed by atoms with Gasteiger partial charge in [-0.2, -0.15) is 0 Å². The summed E-state index contributed by atoms with van der Waals surface area (Å²) in [5.74, 6) is 0. The van der Waals surface area contributed by atoms with Crippen LogP contribution in [0, 0.1) is 0 Å². The molecule has 0 aromatic rings. The lowest BCUT2D eigenvalue weighted by Gasteiger charge is -2.14. The second-order valence-electron chi connectivity index (χ2n) is 2.98. The van der Waals surface area contributed by atoms with Crippen LogP contribution in [-0.4, -0.2) is 18.4 Å². The summed E-state index contributed by atoms with van der Waals surface area (Å²) in [7, 11) is 0. The van der Waals surface area contributed by atoms with Gasteiger partial charge in [0.2, 0.25) is 0 Å². The van der Waals surface area contributed by atoms with Gasteiger partial charge in [-0.25, -0.2) is 0 Å². The number of ether oxygens (including phenoxy) is 1. The van der Waals surface area contributed by atoms with Gasteiger partial charge in [0, 0.05) is 5.54 Å². The predicted octanol–water partition coefficient (Wildman–Crippen LogP) is 1.15. The average Bonchev–Trinajstić information content (AvgIpc) is 1.82. The van der Waals surface area contributed by atoms with E-state index >= 15 is 0 Å². The van der Waals surface area contributed by atoms with E-state index in [9.17, 15) is 0 Å². The van der Waals surface area contributed by atoms with Crippen LogP contribution in [0.5, 0.6) is 0 Å². The lowest BCUT2D eigenvalue weighted by atomic mass is 10.1. The highest BCUT2D eigenvalue weighted by atomic mass is 35.5. The fourth-order valence-corrected chi connectivity index (χ4v) is 0.967. The lowest BCUT2D eigenvalue weighted by Crippen LogP contribution is -2.37. The normalized spacial score (nSPS) is 31.7. The zero-order chi connectivity index (χ0) is 6.20. The molecule has 9 heavy (non-hydrogen) atoms. The van der Waals surface area contributed by atoms with Crippen molar-refractivity contribution in [3.63, 3.8) is 0 Å². The zero-order valence-electron chi connectivity index (χ0n) is 6.10. The van der Waals surface area contributed by atoms with Crippen molar-refractivity contribution in [2.75, 3.05) is 6.61 Å². The van der Waals surface area contributed by atoms with Gasteiger partial charge < -0.3 is 4.74 Å². The van der Waals surface area contributed by atoms with Crippen molar-refractivity contribution in [3.8, 4) is 0 Å². The molecule has 0 aromatic heterocycles. The third kappa shape index (κ3) is 2.52. The molecule has 1 N–H and O–H groups in total. The Morgan fingerprint density at radius 3 is 2.22 bits per heavy atom. The molecule has 0 radical (unpaired) electrons. The van der Waals surface area contributed by atoms with E-state index in [0.717, 1.165) is 6.61 Å². The average molecular weight is 152 g/mol. The Morgan fingerprint density at radius 1 is 1.56 bits per heavy atom. The summed E-state index contributed by atoms with van der Waals surface area (Å²) < 4.78 is 5.26. The van der Waals surface area contributed by atoms with Gasteiger partial charge in [-0.3, -0.25) is 5.32 Å². The van der Waals surface area contributed by atoms with Crippen LogP contribution in [0.4, 0.5) is 0 Å². The quantitative estimate of drug-likeness (QED) is 0.561. The maximum atomic E-state index is 5.26. The van der Waals surface area contributed by atoms with Crippen molar-refractivity contribution in [3.05, 3.63) is 0 Å². The molecular weight excluding hydrogens is 138 g/mol. The van der Waals surface area contributed by atoms with Crippen molar-refractivity contribution in [2.24, 2.45) is 0 Å². The molecule has 1 fully saturated rings. The third-order valence-electron chi connectivity index (χ3n) is 1.29. The first kappa shape index (κ1) is 9.21. The molecule has 0 aliphatic carbocycles. The Labute approximate surface area is 62.4 Å². The minimum absolute atomic E-state index is 0. The first-order valence-corrected chi connectivity index (χ1v) is 2.99. The molecular formula is C6H14ClNO. The fourth-order valence-electron chi connectivity index (χ4n) is 0.967. The molecule has 1 heterocycles. The third-order valence-corrected chi connectivity index (χ3v) is 1.29. The number of rotatable bonds is 0. The Hall–Kier alpha value is 0.210. The summed E-state index contributed by atoms with van der Waals surface area (Å²) in [5, 5.41) is 3.27. The van der Waals surface area contributed by atoms with E-state index in [1.54, 1.807) is 0 Å². The maximum absolute atomic E-state index is 5.26. The lowest BCUT2D eigenvalue weighted by molar-refractivity contribution is 0.113. The van der Waals surface area contributed by atoms with E-state index in [2.05, 4.69) is 19.2 Å². The molecule has 3 heteroatoms. The standard InChI is InChI=1S/C6H13NO.ClH/c1-5-7-6(2,3)4-8-5;/h5,7H,4H2,1-3H3;1H. The topological polar surface area (TPSA) is 21.3 Å². The molecule has 0 aromatic carbocycles. The largest absolute Gasteiger partial charge is 0.362 e. The van der Waals surface area contributed by atoms with Crippen LogP contribution in [0.25, 0.3) is 0 Å². The Kier molecular flexibility index (Phi) is 2.93. The van der Waals surface area contributed by atoms with Gasteiger partial charge in [-0.1, -0.05) is 0 Å². The summed E-state index contributed by atoms with van der Waals surface area (Å²) in [4.78, 5) is 0. The van der Waals surface area contributed by atoms with Crippen LogP contribution >= 0.6 is 12.4 Å². The number of nitrogens with one attached hydrogen (secondary N) is 1. The van der Waals surface area contributed by atoms with Crippen LogP contribution in [-0.2, 0) is 4.74 Å². The molecule has 1 atom stereocenters. The van der Waals surface area contributed by atoms with Gasteiger partial charge in [-0.05, 0) is 20.8 Å². The Morgan fingerprint density at radius 2 is 2.11 bits per heavy atom. The van der Waals surface area contributed by atoms with Crippen molar-refractivity contribution in [1.82, 2.24) is 5.32 Å². The molecule has 0 spiro atoms. The van der Waals surface area contributed by atoms with E-state index in [1.165, 1.54) is 0 Å². The summed E-state index contributed by atoms with van der Waals surface area (Å²) in [5.41, 5.74) is 0.194. The maximum Gasteiger partial charge on any atom is 0.105 e. The molecule has 0 bridgehead atoms. The van der Waals surface area contributed by atoms with Gasteiger partial charge in [-0.15, -0.1) is 12.4 Å². The summed E-state index contributed by atoms with van der Waals surface area (Å²) in [6.07, 6.45) is 0.241. The second-order valence-corrected chi connectivity index (χ2v) is 2.98. The summed E-state index contributed by atoms with van der Waals surface area (Å²) >= 11 is 0. The van der Waals surface area contributed by atoms with Crippen LogP contribution in [0.3, 0.4) is 0 Å². The molecule has 1 unspecified atom stereocenters. The first-order valence-electron chi connectivity index (χ1n) is 2.99. The van der Waals surface area contributed by atoms with Crippen LogP contribution in [0.2, 0.25) is 0 Å². The minimum atomic E-state index is 0. The van der Waals surface area contributed by atoms with E-state index in [0.29, 0.717) is 0 Å². The number of hydrogen-bond donors (Lipinski definition) is 1. The van der Waals surface area contributed by atoms with Crippen LogP contribution in [0.15, 0.2) is 0 Å². The SMILES string of the molecule is CC1NC(C)(C)CO1.Cl. The zero-order valence-corrected chi connectivity index (χ0v) is 6.92. The minimum Gasteiger partial charge on any atom is -0.362 e.